The normalized spacial score (nSPS) is 14.2. The SMILES string of the molecule is Cn1c(CO)cnc1-c1ccc2c(c1)OCCCO2. The monoisotopic (exact) mass is 260 g/mol. The topological polar surface area (TPSA) is 56.5 Å². The minimum absolute atomic E-state index is 0.0198. The third kappa shape index (κ3) is 2.17. The largest absolute Gasteiger partial charge is 0.490 e. The lowest BCUT2D eigenvalue weighted by molar-refractivity contribution is 0.273. The highest BCUT2D eigenvalue weighted by Gasteiger charge is 2.14. The van der Waals surface area contributed by atoms with E-state index in [1.807, 2.05) is 29.8 Å². The summed E-state index contributed by atoms with van der Waals surface area (Å²) >= 11 is 0. The Balaban J connectivity index is 2.01. The van der Waals surface area contributed by atoms with E-state index >= 15 is 0 Å². The van der Waals surface area contributed by atoms with Crippen LogP contribution in [0.5, 0.6) is 11.5 Å². The number of ether oxygens (including phenoxy) is 2. The van der Waals surface area contributed by atoms with Crippen molar-refractivity contribution in [1.82, 2.24) is 9.55 Å². The van der Waals surface area contributed by atoms with Gasteiger partial charge in [-0.1, -0.05) is 0 Å². The molecule has 0 saturated heterocycles. The average molecular weight is 260 g/mol. The quantitative estimate of drug-likeness (QED) is 0.893. The van der Waals surface area contributed by atoms with E-state index in [4.69, 9.17) is 9.47 Å². The summed E-state index contributed by atoms with van der Waals surface area (Å²) in [5, 5.41) is 9.20. The van der Waals surface area contributed by atoms with E-state index in [9.17, 15) is 5.11 Å². The molecule has 0 unspecified atom stereocenters. The molecule has 100 valence electrons. The standard InChI is InChI=1S/C14H16N2O3/c1-16-11(9-17)8-15-14(16)10-3-4-12-13(7-10)19-6-2-5-18-12/h3-4,7-8,17H,2,5-6,9H2,1H3. The minimum Gasteiger partial charge on any atom is -0.490 e. The number of imidazole rings is 1. The van der Waals surface area contributed by atoms with E-state index in [0.29, 0.717) is 13.2 Å². The molecule has 1 N–H and O–H groups in total. The molecule has 1 aromatic heterocycles. The fourth-order valence-corrected chi connectivity index (χ4v) is 2.16. The van der Waals surface area contributed by atoms with Gasteiger partial charge < -0.3 is 19.1 Å². The van der Waals surface area contributed by atoms with Crippen LogP contribution in [0.3, 0.4) is 0 Å². The number of rotatable bonds is 2. The van der Waals surface area contributed by atoms with Crippen LogP contribution in [0.25, 0.3) is 11.4 Å². The second-order valence-corrected chi connectivity index (χ2v) is 4.50. The van der Waals surface area contributed by atoms with Gasteiger partial charge in [0, 0.05) is 19.0 Å². The van der Waals surface area contributed by atoms with E-state index in [1.165, 1.54) is 0 Å². The number of aromatic nitrogens is 2. The third-order valence-electron chi connectivity index (χ3n) is 3.25. The van der Waals surface area contributed by atoms with Gasteiger partial charge >= 0.3 is 0 Å². The number of hydrogen-bond acceptors (Lipinski definition) is 4. The number of fused-ring (bicyclic) bond motifs is 1. The van der Waals surface area contributed by atoms with Crippen LogP contribution in [-0.2, 0) is 13.7 Å². The van der Waals surface area contributed by atoms with Crippen molar-refractivity contribution in [3.63, 3.8) is 0 Å². The lowest BCUT2D eigenvalue weighted by Gasteiger charge is -2.09. The molecule has 2 aromatic rings. The molecular formula is C14H16N2O3. The van der Waals surface area contributed by atoms with Crippen molar-refractivity contribution in [3.05, 3.63) is 30.1 Å². The average Bonchev–Trinajstić information content (AvgIpc) is 2.66. The van der Waals surface area contributed by atoms with E-state index < -0.39 is 0 Å². The highest BCUT2D eigenvalue weighted by Crippen LogP contribution is 2.33. The first-order chi connectivity index (χ1) is 9.29. The highest BCUT2D eigenvalue weighted by molar-refractivity contribution is 5.62. The van der Waals surface area contributed by atoms with Crippen LogP contribution in [0, 0.1) is 0 Å². The van der Waals surface area contributed by atoms with E-state index in [2.05, 4.69) is 4.98 Å². The molecule has 2 heterocycles. The molecule has 0 aliphatic carbocycles. The van der Waals surface area contributed by atoms with Crippen LogP contribution in [-0.4, -0.2) is 27.9 Å². The summed E-state index contributed by atoms with van der Waals surface area (Å²) in [5.74, 6) is 2.33. The first kappa shape index (κ1) is 12.0. The second kappa shape index (κ2) is 4.93. The summed E-state index contributed by atoms with van der Waals surface area (Å²) < 4.78 is 13.2. The molecule has 5 nitrogen and oxygen atoms in total. The van der Waals surface area contributed by atoms with E-state index in [-0.39, 0.29) is 6.61 Å². The predicted octanol–water partition coefficient (Wildman–Crippen LogP) is 1.74. The van der Waals surface area contributed by atoms with Crippen LogP contribution >= 0.6 is 0 Å². The molecule has 0 spiro atoms. The van der Waals surface area contributed by atoms with Crippen molar-refractivity contribution in [2.45, 2.75) is 13.0 Å². The Morgan fingerprint density at radius 2 is 2.05 bits per heavy atom. The van der Waals surface area contributed by atoms with Crippen molar-refractivity contribution in [2.75, 3.05) is 13.2 Å². The first-order valence-electron chi connectivity index (χ1n) is 6.31. The van der Waals surface area contributed by atoms with Gasteiger partial charge in [-0.2, -0.15) is 0 Å². The molecule has 0 amide bonds. The zero-order valence-electron chi connectivity index (χ0n) is 10.8. The molecule has 1 aromatic carbocycles. The number of nitrogens with zero attached hydrogens (tertiary/aromatic N) is 2. The van der Waals surface area contributed by atoms with Crippen LogP contribution in [0.1, 0.15) is 12.1 Å². The molecule has 0 fully saturated rings. The Labute approximate surface area is 111 Å². The Morgan fingerprint density at radius 3 is 2.79 bits per heavy atom. The van der Waals surface area contributed by atoms with E-state index in [1.54, 1.807) is 6.20 Å². The Bertz CT molecular complexity index is 592. The molecule has 3 rings (SSSR count). The third-order valence-corrected chi connectivity index (χ3v) is 3.25. The lowest BCUT2D eigenvalue weighted by Crippen LogP contribution is -1.99. The summed E-state index contributed by atoms with van der Waals surface area (Å²) in [5.41, 5.74) is 1.73. The second-order valence-electron chi connectivity index (χ2n) is 4.50. The molecule has 0 saturated carbocycles. The molecule has 5 heteroatoms. The number of benzene rings is 1. The fourth-order valence-electron chi connectivity index (χ4n) is 2.16. The molecule has 0 bridgehead atoms. The minimum atomic E-state index is -0.0198. The van der Waals surface area contributed by atoms with Gasteiger partial charge in [-0.15, -0.1) is 0 Å². The molecule has 1 aliphatic heterocycles. The molecule has 19 heavy (non-hydrogen) atoms. The Hall–Kier alpha value is -2.01. The molecular weight excluding hydrogens is 244 g/mol. The predicted molar refractivity (Wildman–Crippen MR) is 70.2 cm³/mol. The van der Waals surface area contributed by atoms with Crippen LogP contribution < -0.4 is 9.47 Å². The number of aliphatic hydroxyl groups is 1. The van der Waals surface area contributed by atoms with Crippen molar-refractivity contribution in [2.24, 2.45) is 7.05 Å². The van der Waals surface area contributed by atoms with E-state index in [0.717, 1.165) is 35.0 Å². The van der Waals surface area contributed by atoms with Crippen molar-refractivity contribution in [3.8, 4) is 22.9 Å². The van der Waals surface area contributed by atoms with Gasteiger partial charge in [0.15, 0.2) is 11.5 Å². The molecule has 0 radical (unpaired) electrons. The van der Waals surface area contributed by atoms with Crippen LogP contribution in [0.2, 0.25) is 0 Å². The van der Waals surface area contributed by atoms with Gasteiger partial charge in [0.05, 0.1) is 31.7 Å². The molecule has 1 aliphatic rings. The summed E-state index contributed by atoms with van der Waals surface area (Å²) in [6.07, 6.45) is 2.57. The zero-order chi connectivity index (χ0) is 13.2. The van der Waals surface area contributed by atoms with Gasteiger partial charge in [-0.3, -0.25) is 0 Å². The number of aliphatic hydroxyl groups excluding tert-OH is 1. The summed E-state index contributed by atoms with van der Waals surface area (Å²) in [6.45, 7) is 1.33. The zero-order valence-corrected chi connectivity index (χ0v) is 10.8. The van der Waals surface area contributed by atoms with Gasteiger partial charge in [-0.05, 0) is 18.2 Å². The Morgan fingerprint density at radius 1 is 1.26 bits per heavy atom. The first-order valence-corrected chi connectivity index (χ1v) is 6.31. The van der Waals surface area contributed by atoms with Crippen molar-refractivity contribution >= 4 is 0 Å². The van der Waals surface area contributed by atoms with Crippen molar-refractivity contribution in [1.29, 1.82) is 0 Å². The fraction of sp³-hybridized carbons (Fsp3) is 0.357. The molecule has 0 atom stereocenters. The van der Waals surface area contributed by atoms with Crippen molar-refractivity contribution < 1.29 is 14.6 Å². The lowest BCUT2D eigenvalue weighted by atomic mass is 10.2. The maximum absolute atomic E-state index is 9.20. The maximum Gasteiger partial charge on any atom is 0.161 e. The van der Waals surface area contributed by atoms with Crippen LogP contribution in [0.4, 0.5) is 0 Å². The smallest absolute Gasteiger partial charge is 0.161 e. The van der Waals surface area contributed by atoms with Crippen LogP contribution in [0.15, 0.2) is 24.4 Å². The van der Waals surface area contributed by atoms with Gasteiger partial charge in [0.1, 0.15) is 5.82 Å². The van der Waals surface area contributed by atoms with Gasteiger partial charge in [0.25, 0.3) is 0 Å². The maximum atomic E-state index is 9.20. The summed E-state index contributed by atoms with van der Waals surface area (Å²) in [4.78, 5) is 4.34. The Kier molecular flexibility index (Phi) is 3.13. The number of hydrogen-bond donors (Lipinski definition) is 1. The van der Waals surface area contributed by atoms with Gasteiger partial charge in [-0.25, -0.2) is 4.98 Å². The summed E-state index contributed by atoms with van der Waals surface area (Å²) in [6, 6.07) is 5.80. The highest BCUT2D eigenvalue weighted by atomic mass is 16.5. The van der Waals surface area contributed by atoms with Gasteiger partial charge in [0.2, 0.25) is 0 Å². The summed E-state index contributed by atoms with van der Waals surface area (Å²) in [7, 11) is 1.89.